The lowest BCUT2D eigenvalue weighted by atomic mass is 10.0. The normalized spacial score (nSPS) is 15.2. The van der Waals surface area contributed by atoms with Crippen LogP contribution in [-0.2, 0) is 6.42 Å². The maximum absolute atomic E-state index is 5.77. The van der Waals surface area contributed by atoms with Crippen molar-refractivity contribution in [2.75, 3.05) is 13.2 Å². The zero-order valence-corrected chi connectivity index (χ0v) is 10.4. The number of H-pyrrole nitrogens is 1. The fraction of sp³-hybridized carbons (Fsp3) is 0.357. The zero-order valence-electron chi connectivity index (χ0n) is 10.4. The number of ether oxygens (including phenoxy) is 1. The maximum Gasteiger partial charge on any atom is 0.127 e. The highest BCUT2D eigenvalue weighted by atomic mass is 16.5. The fourth-order valence-electron chi connectivity index (χ4n) is 2.46. The van der Waals surface area contributed by atoms with Gasteiger partial charge in [-0.15, -0.1) is 0 Å². The number of rotatable bonds is 4. The third kappa shape index (κ3) is 1.88. The number of benzene rings is 1. The molecule has 0 amide bonds. The van der Waals surface area contributed by atoms with Gasteiger partial charge in [-0.05, 0) is 12.1 Å². The number of nitrogens with one attached hydrogen (secondary N) is 2. The molecule has 3 rings (SSSR count). The average molecular weight is 243 g/mol. The molecule has 0 fully saturated rings. The molecule has 2 N–H and O–H groups in total. The molecule has 0 saturated heterocycles. The van der Waals surface area contributed by atoms with E-state index >= 15 is 0 Å². The number of aromatic amines is 1. The number of hydrogen-bond donors (Lipinski definition) is 2. The third-order valence-electron chi connectivity index (χ3n) is 3.26. The second-order valence-corrected chi connectivity index (χ2v) is 4.40. The van der Waals surface area contributed by atoms with E-state index in [0.29, 0.717) is 0 Å². The first-order valence-electron chi connectivity index (χ1n) is 6.37. The molecule has 4 nitrogen and oxygen atoms in total. The molecule has 1 unspecified atom stereocenters. The molecule has 1 aliphatic rings. The Balaban J connectivity index is 2.03. The predicted octanol–water partition coefficient (Wildman–Crippen LogP) is 2.04. The highest BCUT2D eigenvalue weighted by Gasteiger charge is 2.24. The van der Waals surface area contributed by atoms with Gasteiger partial charge in [0.2, 0.25) is 0 Å². The number of imidazole rings is 1. The summed E-state index contributed by atoms with van der Waals surface area (Å²) in [7, 11) is 0. The summed E-state index contributed by atoms with van der Waals surface area (Å²) in [6.45, 7) is 3.76. The zero-order chi connectivity index (χ0) is 12.4. The average Bonchev–Trinajstić information content (AvgIpc) is 3.06. The molecule has 94 valence electrons. The minimum Gasteiger partial charge on any atom is -0.493 e. The molecular weight excluding hydrogens is 226 g/mol. The Labute approximate surface area is 106 Å². The molecule has 1 atom stereocenters. The number of aromatic nitrogens is 2. The van der Waals surface area contributed by atoms with E-state index < -0.39 is 0 Å². The number of para-hydroxylation sites is 1. The molecule has 18 heavy (non-hydrogen) atoms. The van der Waals surface area contributed by atoms with Crippen molar-refractivity contribution in [1.82, 2.24) is 15.3 Å². The number of fused-ring (bicyclic) bond motifs is 1. The van der Waals surface area contributed by atoms with Crippen LogP contribution in [0.25, 0.3) is 0 Å². The van der Waals surface area contributed by atoms with E-state index in [9.17, 15) is 0 Å². The standard InChI is InChI=1S/C14H17N3O/c1-2-15-12(14-16-7-8-17-14)11-5-3-4-10-6-9-18-13(10)11/h3-5,7-8,12,15H,2,6,9H2,1H3,(H,16,17). The molecule has 0 aliphatic carbocycles. The first-order chi connectivity index (χ1) is 8.90. The summed E-state index contributed by atoms with van der Waals surface area (Å²) in [6.07, 6.45) is 4.63. The second kappa shape index (κ2) is 4.82. The van der Waals surface area contributed by atoms with Gasteiger partial charge >= 0.3 is 0 Å². The van der Waals surface area contributed by atoms with Crippen LogP contribution in [0.5, 0.6) is 5.75 Å². The van der Waals surface area contributed by atoms with Crippen LogP contribution in [0.2, 0.25) is 0 Å². The van der Waals surface area contributed by atoms with E-state index in [2.05, 4.69) is 40.4 Å². The Morgan fingerprint density at radius 1 is 1.50 bits per heavy atom. The Bertz CT molecular complexity index is 522. The first kappa shape index (κ1) is 11.3. The van der Waals surface area contributed by atoms with Gasteiger partial charge in [0.1, 0.15) is 11.6 Å². The monoisotopic (exact) mass is 243 g/mol. The summed E-state index contributed by atoms with van der Waals surface area (Å²) >= 11 is 0. The highest BCUT2D eigenvalue weighted by molar-refractivity contribution is 5.47. The van der Waals surface area contributed by atoms with Gasteiger partial charge in [-0.2, -0.15) is 0 Å². The molecule has 4 heteroatoms. The minimum absolute atomic E-state index is 0.0676. The van der Waals surface area contributed by atoms with Crippen LogP contribution in [0.15, 0.2) is 30.6 Å². The van der Waals surface area contributed by atoms with Crippen molar-refractivity contribution < 1.29 is 4.74 Å². The van der Waals surface area contributed by atoms with Gasteiger partial charge in [0.25, 0.3) is 0 Å². The molecule has 2 heterocycles. The van der Waals surface area contributed by atoms with E-state index in [0.717, 1.165) is 31.1 Å². The molecule has 0 spiro atoms. The summed E-state index contributed by atoms with van der Waals surface area (Å²) in [5.41, 5.74) is 2.46. The van der Waals surface area contributed by atoms with Crippen molar-refractivity contribution in [3.63, 3.8) is 0 Å². The molecule has 2 aromatic rings. The molecular formula is C14H17N3O. The lowest BCUT2D eigenvalue weighted by Crippen LogP contribution is -2.23. The van der Waals surface area contributed by atoms with Crippen molar-refractivity contribution in [2.24, 2.45) is 0 Å². The summed E-state index contributed by atoms with van der Waals surface area (Å²) in [4.78, 5) is 7.55. The second-order valence-electron chi connectivity index (χ2n) is 4.40. The van der Waals surface area contributed by atoms with Gasteiger partial charge in [0.15, 0.2) is 0 Å². The highest BCUT2D eigenvalue weighted by Crippen LogP contribution is 2.35. The molecule has 0 radical (unpaired) electrons. The van der Waals surface area contributed by atoms with Crippen molar-refractivity contribution in [3.8, 4) is 5.75 Å². The molecule has 0 saturated carbocycles. The van der Waals surface area contributed by atoms with E-state index in [4.69, 9.17) is 4.74 Å². The van der Waals surface area contributed by atoms with Gasteiger partial charge in [0.05, 0.1) is 12.6 Å². The van der Waals surface area contributed by atoms with Gasteiger partial charge in [-0.25, -0.2) is 4.98 Å². The summed E-state index contributed by atoms with van der Waals surface area (Å²) < 4.78 is 5.77. The summed E-state index contributed by atoms with van der Waals surface area (Å²) in [5.74, 6) is 1.96. The fourth-order valence-corrected chi connectivity index (χ4v) is 2.46. The van der Waals surface area contributed by atoms with Gasteiger partial charge in [0, 0.05) is 24.4 Å². The Hall–Kier alpha value is -1.81. The summed E-state index contributed by atoms with van der Waals surface area (Å²) in [6, 6.07) is 6.41. The Morgan fingerprint density at radius 3 is 3.22 bits per heavy atom. The molecule has 1 aromatic carbocycles. The lowest BCUT2D eigenvalue weighted by molar-refractivity contribution is 0.350. The van der Waals surface area contributed by atoms with Crippen LogP contribution in [0.3, 0.4) is 0 Å². The van der Waals surface area contributed by atoms with Crippen LogP contribution in [0.1, 0.15) is 29.9 Å². The van der Waals surface area contributed by atoms with Crippen LogP contribution in [0, 0.1) is 0 Å². The number of hydrogen-bond acceptors (Lipinski definition) is 3. The SMILES string of the molecule is CCNC(c1ncc[nH]1)c1cccc2c1OCC2. The van der Waals surface area contributed by atoms with Gasteiger partial charge in [-0.1, -0.05) is 25.1 Å². The van der Waals surface area contributed by atoms with E-state index in [1.807, 2.05) is 6.20 Å². The van der Waals surface area contributed by atoms with Crippen molar-refractivity contribution >= 4 is 0 Å². The predicted molar refractivity (Wildman–Crippen MR) is 69.7 cm³/mol. The topological polar surface area (TPSA) is 49.9 Å². The molecule has 1 aliphatic heterocycles. The minimum atomic E-state index is 0.0676. The smallest absolute Gasteiger partial charge is 0.127 e. The molecule has 1 aromatic heterocycles. The van der Waals surface area contributed by atoms with E-state index in [1.54, 1.807) is 6.20 Å². The van der Waals surface area contributed by atoms with Crippen LogP contribution < -0.4 is 10.1 Å². The lowest BCUT2D eigenvalue weighted by Gasteiger charge is -2.18. The van der Waals surface area contributed by atoms with Crippen molar-refractivity contribution in [2.45, 2.75) is 19.4 Å². The van der Waals surface area contributed by atoms with Crippen LogP contribution in [-0.4, -0.2) is 23.1 Å². The van der Waals surface area contributed by atoms with E-state index in [-0.39, 0.29) is 6.04 Å². The van der Waals surface area contributed by atoms with Crippen LogP contribution in [0.4, 0.5) is 0 Å². The van der Waals surface area contributed by atoms with Gasteiger partial charge in [-0.3, -0.25) is 0 Å². The Kier molecular flexibility index (Phi) is 3.02. The Morgan fingerprint density at radius 2 is 2.44 bits per heavy atom. The van der Waals surface area contributed by atoms with Gasteiger partial charge < -0.3 is 15.0 Å². The third-order valence-corrected chi connectivity index (χ3v) is 3.26. The van der Waals surface area contributed by atoms with E-state index in [1.165, 1.54) is 11.1 Å². The molecule has 0 bridgehead atoms. The quantitative estimate of drug-likeness (QED) is 0.864. The van der Waals surface area contributed by atoms with Crippen molar-refractivity contribution in [3.05, 3.63) is 47.5 Å². The summed E-state index contributed by atoms with van der Waals surface area (Å²) in [5, 5.41) is 3.46. The van der Waals surface area contributed by atoms with Crippen molar-refractivity contribution in [1.29, 1.82) is 0 Å². The maximum atomic E-state index is 5.77. The first-order valence-corrected chi connectivity index (χ1v) is 6.37. The van der Waals surface area contributed by atoms with Crippen LogP contribution >= 0.6 is 0 Å². The largest absolute Gasteiger partial charge is 0.493 e. The number of nitrogens with zero attached hydrogens (tertiary/aromatic N) is 1.